The van der Waals surface area contributed by atoms with Gasteiger partial charge in [-0.2, -0.15) is 8.42 Å². The second-order valence-corrected chi connectivity index (χ2v) is 10.4. The number of benzene rings is 1. The van der Waals surface area contributed by atoms with Crippen LogP contribution in [0.3, 0.4) is 0 Å². The van der Waals surface area contributed by atoms with Gasteiger partial charge in [-0.1, -0.05) is 31.2 Å². The lowest BCUT2D eigenvalue weighted by atomic mass is 10.1. The van der Waals surface area contributed by atoms with Crippen LogP contribution in [0.1, 0.15) is 52.2 Å². The maximum absolute atomic E-state index is 12.8. The molecule has 30 heavy (non-hydrogen) atoms. The Kier molecular flexibility index (Phi) is 6.26. The van der Waals surface area contributed by atoms with Crippen LogP contribution in [-0.2, 0) is 16.4 Å². The van der Waals surface area contributed by atoms with E-state index < -0.39 is 10.0 Å². The molecule has 1 aromatic rings. The average Bonchev–Trinajstić information content (AvgIpc) is 2.81. The lowest BCUT2D eigenvalue weighted by Gasteiger charge is -2.28. The van der Waals surface area contributed by atoms with Crippen molar-refractivity contribution in [3.63, 3.8) is 0 Å². The van der Waals surface area contributed by atoms with Crippen molar-refractivity contribution in [3.05, 3.63) is 41.0 Å². The van der Waals surface area contributed by atoms with E-state index in [4.69, 9.17) is 0 Å². The topological polar surface area (TPSA) is 82.1 Å². The molecule has 2 amide bonds. The summed E-state index contributed by atoms with van der Waals surface area (Å²) in [5.74, 6) is 0.502. The zero-order valence-corrected chi connectivity index (χ0v) is 19.3. The molecular weight excluding hydrogens is 400 g/mol. The highest BCUT2D eigenvalue weighted by Crippen LogP contribution is 2.34. The lowest BCUT2D eigenvalue weighted by Crippen LogP contribution is -2.49. The number of hydrogen-bond acceptors (Lipinski definition) is 4. The first kappa shape index (κ1) is 22.3. The predicted octanol–water partition coefficient (Wildman–Crippen LogP) is 3.24. The quantitative estimate of drug-likeness (QED) is 0.778. The molecule has 0 spiro atoms. The SMILES string of the molecule is CCc1ccc(C2=C(C)C(N3CCCN(C(=O)NC(C)(C)C)CC3)=NS2(=O)=O)cc1. The van der Waals surface area contributed by atoms with Crippen LogP contribution in [0.2, 0.25) is 0 Å². The van der Waals surface area contributed by atoms with Crippen molar-refractivity contribution in [1.29, 1.82) is 0 Å². The highest BCUT2D eigenvalue weighted by atomic mass is 32.2. The normalized spacial score (nSPS) is 19.6. The van der Waals surface area contributed by atoms with Gasteiger partial charge in [0.1, 0.15) is 10.7 Å². The predicted molar refractivity (Wildman–Crippen MR) is 121 cm³/mol. The van der Waals surface area contributed by atoms with Gasteiger partial charge in [0.2, 0.25) is 0 Å². The minimum Gasteiger partial charge on any atom is -0.354 e. The molecule has 1 N–H and O–H groups in total. The zero-order valence-electron chi connectivity index (χ0n) is 18.5. The van der Waals surface area contributed by atoms with E-state index in [0.29, 0.717) is 43.2 Å². The first-order valence-electron chi connectivity index (χ1n) is 10.5. The summed E-state index contributed by atoms with van der Waals surface area (Å²) in [4.78, 5) is 16.6. The van der Waals surface area contributed by atoms with E-state index in [1.807, 2.05) is 56.9 Å². The minimum absolute atomic E-state index is 0.0886. The smallest absolute Gasteiger partial charge is 0.317 e. The number of amidine groups is 1. The molecule has 164 valence electrons. The average molecular weight is 433 g/mol. The molecule has 1 saturated heterocycles. The Bertz CT molecular complexity index is 973. The van der Waals surface area contributed by atoms with Gasteiger partial charge in [-0.15, -0.1) is 4.40 Å². The number of carbonyl (C=O) groups is 1. The molecule has 2 aliphatic rings. The van der Waals surface area contributed by atoms with E-state index >= 15 is 0 Å². The van der Waals surface area contributed by atoms with Crippen LogP contribution in [0.25, 0.3) is 4.91 Å². The molecule has 8 heteroatoms. The molecule has 7 nitrogen and oxygen atoms in total. The van der Waals surface area contributed by atoms with Gasteiger partial charge in [0, 0.05) is 37.3 Å². The van der Waals surface area contributed by atoms with Crippen molar-refractivity contribution in [2.75, 3.05) is 26.2 Å². The molecule has 2 aliphatic heterocycles. The number of sulfonamides is 1. The van der Waals surface area contributed by atoms with E-state index in [9.17, 15) is 13.2 Å². The summed E-state index contributed by atoms with van der Waals surface area (Å²) in [6.45, 7) is 12.1. The Labute approximate surface area is 179 Å². The summed E-state index contributed by atoms with van der Waals surface area (Å²) in [7, 11) is -3.74. The van der Waals surface area contributed by atoms with Crippen molar-refractivity contribution in [1.82, 2.24) is 15.1 Å². The third-order valence-electron chi connectivity index (χ3n) is 5.33. The van der Waals surface area contributed by atoms with Gasteiger partial charge in [0.15, 0.2) is 0 Å². The number of carbonyl (C=O) groups excluding carboxylic acids is 1. The summed E-state index contributed by atoms with van der Waals surface area (Å²) in [6.07, 6.45) is 1.66. The molecule has 0 aromatic heterocycles. The number of urea groups is 1. The van der Waals surface area contributed by atoms with E-state index in [0.717, 1.165) is 18.4 Å². The van der Waals surface area contributed by atoms with Crippen LogP contribution < -0.4 is 5.32 Å². The first-order valence-corrected chi connectivity index (χ1v) is 11.9. The summed E-state index contributed by atoms with van der Waals surface area (Å²) in [5, 5.41) is 2.99. The van der Waals surface area contributed by atoms with Crippen molar-refractivity contribution in [3.8, 4) is 0 Å². The first-order chi connectivity index (χ1) is 14.0. The number of nitrogens with one attached hydrogen (secondary N) is 1. The molecular formula is C22H32N4O3S. The monoisotopic (exact) mass is 432 g/mol. The van der Waals surface area contributed by atoms with Crippen molar-refractivity contribution < 1.29 is 13.2 Å². The molecule has 0 unspecified atom stereocenters. The molecule has 0 saturated carbocycles. The number of nitrogens with zero attached hydrogens (tertiary/aromatic N) is 3. The number of amides is 2. The Balaban J connectivity index is 1.80. The maximum atomic E-state index is 12.8. The molecule has 0 radical (unpaired) electrons. The minimum atomic E-state index is -3.74. The number of aryl methyl sites for hydroxylation is 1. The van der Waals surface area contributed by atoms with Crippen LogP contribution in [0.4, 0.5) is 4.79 Å². The summed E-state index contributed by atoms with van der Waals surface area (Å²) >= 11 is 0. The summed E-state index contributed by atoms with van der Waals surface area (Å²) in [6, 6.07) is 7.54. The van der Waals surface area contributed by atoms with Crippen molar-refractivity contribution in [2.45, 2.75) is 53.0 Å². The Hall–Kier alpha value is -2.35. The molecule has 0 atom stereocenters. The van der Waals surface area contributed by atoms with Crippen LogP contribution in [0.5, 0.6) is 0 Å². The fraction of sp³-hybridized carbons (Fsp3) is 0.545. The Morgan fingerprint density at radius 1 is 1.10 bits per heavy atom. The highest BCUT2D eigenvalue weighted by molar-refractivity contribution is 8.00. The molecule has 1 aromatic carbocycles. The van der Waals surface area contributed by atoms with Gasteiger partial charge in [0.05, 0.1) is 0 Å². The fourth-order valence-electron chi connectivity index (χ4n) is 3.81. The van der Waals surface area contributed by atoms with Gasteiger partial charge < -0.3 is 15.1 Å². The fourth-order valence-corrected chi connectivity index (χ4v) is 5.29. The van der Waals surface area contributed by atoms with E-state index in [1.54, 1.807) is 4.90 Å². The third-order valence-corrected chi connectivity index (χ3v) is 6.80. The van der Waals surface area contributed by atoms with E-state index in [1.165, 1.54) is 0 Å². The Morgan fingerprint density at radius 2 is 1.77 bits per heavy atom. The standard InChI is InChI=1S/C22H32N4O3S/c1-6-17-8-10-18(11-9-17)19-16(2)20(24-30(19,28)29)25-12-7-13-26(15-14-25)21(27)23-22(3,4)5/h8-11H,6-7,12-15H2,1-5H3,(H,23,27). The number of hydrogen-bond donors (Lipinski definition) is 1. The van der Waals surface area contributed by atoms with Gasteiger partial charge in [-0.05, 0) is 51.7 Å². The van der Waals surface area contributed by atoms with Crippen LogP contribution in [-0.4, -0.2) is 61.8 Å². The van der Waals surface area contributed by atoms with Gasteiger partial charge in [0.25, 0.3) is 10.0 Å². The lowest BCUT2D eigenvalue weighted by molar-refractivity contribution is 0.191. The van der Waals surface area contributed by atoms with E-state index in [-0.39, 0.29) is 16.5 Å². The maximum Gasteiger partial charge on any atom is 0.317 e. The largest absolute Gasteiger partial charge is 0.354 e. The van der Waals surface area contributed by atoms with Gasteiger partial charge in [-0.3, -0.25) is 0 Å². The molecule has 0 bridgehead atoms. The highest BCUT2D eigenvalue weighted by Gasteiger charge is 2.34. The van der Waals surface area contributed by atoms with Crippen LogP contribution in [0, 0.1) is 0 Å². The molecule has 1 fully saturated rings. The van der Waals surface area contributed by atoms with Gasteiger partial charge in [-0.25, -0.2) is 4.79 Å². The third kappa shape index (κ3) is 4.86. The summed E-state index contributed by atoms with van der Waals surface area (Å²) < 4.78 is 29.8. The molecule has 3 rings (SSSR count). The van der Waals surface area contributed by atoms with E-state index in [2.05, 4.69) is 16.6 Å². The Morgan fingerprint density at radius 3 is 2.37 bits per heavy atom. The second kappa shape index (κ2) is 8.41. The van der Waals surface area contributed by atoms with Crippen molar-refractivity contribution >= 4 is 26.8 Å². The number of rotatable bonds is 2. The second-order valence-electron chi connectivity index (χ2n) is 8.90. The van der Waals surface area contributed by atoms with Crippen LogP contribution >= 0.6 is 0 Å². The van der Waals surface area contributed by atoms with Gasteiger partial charge >= 0.3 is 6.03 Å². The zero-order chi connectivity index (χ0) is 22.1. The molecule has 0 aliphatic carbocycles. The van der Waals surface area contributed by atoms with Crippen molar-refractivity contribution in [2.24, 2.45) is 4.40 Å². The summed E-state index contributed by atoms with van der Waals surface area (Å²) in [5.41, 5.74) is 2.21. The molecule has 2 heterocycles. The van der Waals surface area contributed by atoms with Crippen LogP contribution in [0.15, 0.2) is 34.2 Å².